The van der Waals surface area contributed by atoms with Gasteiger partial charge in [-0.25, -0.2) is 4.98 Å². The van der Waals surface area contributed by atoms with Crippen LogP contribution in [0.1, 0.15) is 24.3 Å². The van der Waals surface area contributed by atoms with Gasteiger partial charge in [0.05, 0.1) is 10.7 Å². The van der Waals surface area contributed by atoms with Crippen LogP contribution in [0.4, 0.5) is 0 Å². The van der Waals surface area contributed by atoms with Crippen LogP contribution in [0.25, 0.3) is 11.3 Å². The third-order valence-electron chi connectivity index (χ3n) is 2.93. The molecule has 0 amide bonds. The van der Waals surface area contributed by atoms with Gasteiger partial charge >= 0.3 is 0 Å². The minimum atomic E-state index is 0.515. The first-order chi connectivity index (χ1) is 8.74. The van der Waals surface area contributed by atoms with Crippen molar-refractivity contribution in [2.75, 3.05) is 13.6 Å². The maximum absolute atomic E-state index is 4.77. The summed E-state index contributed by atoms with van der Waals surface area (Å²) in [6.07, 6.45) is 1.12. The summed E-state index contributed by atoms with van der Waals surface area (Å²) in [5.74, 6) is 0.515. The van der Waals surface area contributed by atoms with E-state index in [1.54, 1.807) is 11.3 Å². The lowest BCUT2D eigenvalue weighted by atomic mass is 10.1. The molecule has 0 saturated heterocycles. The summed E-state index contributed by atoms with van der Waals surface area (Å²) in [6.45, 7) is 3.20. The van der Waals surface area contributed by atoms with E-state index in [1.807, 2.05) is 19.2 Å². The zero-order valence-corrected chi connectivity index (χ0v) is 13.0. The van der Waals surface area contributed by atoms with Crippen LogP contribution in [0.5, 0.6) is 0 Å². The highest BCUT2D eigenvalue weighted by Crippen LogP contribution is 2.29. The maximum Gasteiger partial charge on any atom is 0.0976 e. The number of hydrogen-bond donors (Lipinski definition) is 1. The molecule has 1 aromatic carbocycles. The van der Waals surface area contributed by atoms with Crippen LogP contribution in [-0.4, -0.2) is 18.6 Å². The Labute approximate surface area is 121 Å². The number of aromatic nitrogens is 1. The molecule has 0 fully saturated rings. The topological polar surface area (TPSA) is 24.9 Å². The molecule has 0 spiro atoms. The minimum Gasteiger partial charge on any atom is -0.319 e. The van der Waals surface area contributed by atoms with Crippen molar-refractivity contribution in [3.63, 3.8) is 0 Å². The summed E-state index contributed by atoms with van der Waals surface area (Å²) in [4.78, 5) is 4.77. The molecule has 0 saturated carbocycles. The standard InChI is InChI=1S/C14H17BrN2S/c1-3-10(8-16-2)14-17-13(9-18-14)11-5-4-6-12(15)7-11/h4-7,9-10,16H,3,8H2,1-2H3. The summed E-state index contributed by atoms with van der Waals surface area (Å²) in [5, 5.41) is 6.61. The molecule has 2 aromatic rings. The Morgan fingerprint density at radius 2 is 2.28 bits per heavy atom. The van der Waals surface area contributed by atoms with Crippen molar-refractivity contribution in [1.29, 1.82) is 0 Å². The van der Waals surface area contributed by atoms with E-state index >= 15 is 0 Å². The van der Waals surface area contributed by atoms with Crippen molar-refractivity contribution in [2.24, 2.45) is 0 Å². The molecule has 2 nitrogen and oxygen atoms in total. The molecule has 1 heterocycles. The molecule has 96 valence electrons. The number of nitrogens with one attached hydrogen (secondary N) is 1. The Bertz CT molecular complexity index is 510. The van der Waals surface area contributed by atoms with Gasteiger partial charge in [-0.1, -0.05) is 35.0 Å². The van der Waals surface area contributed by atoms with E-state index in [2.05, 4.69) is 45.7 Å². The van der Waals surface area contributed by atoms with Crippen molar-refractivity contribution in [3.8, 4) is 11.3 Å². The van der Waals surface area contributed by atoms with E-state index in [-0.39, 0.29) is 0 Å². The fraction of sp³-hybridized carbons (Fsp3) is 0.357. The van der Waals surface area contributed by atoms with Crippen molar-refractivity contribution in [2.45, 2.75) is 19.3 Å². The lowest BCUT2D eigenvalue weighted by Crippen LogP contribution is -2.16. The van der Waals surface area contributed by atoms with Crippen molar-refractivity contribution >= 4 is 27.3 Å². The molecule has 18 heavy (non-hydrogen) atoms. The van der Waals surface area contributed by atoms with Crippen LogP contribution >= 0.6 is 27.3 Å². The highest BCUT2D eigenvalue weighted by Gasteiger charge is 2.13. The molecule has 4 heteroatoms. The molecular weight excluding hydrogens is 308 g/mol. The lowest BCUT2D eigenvalue weighted by molar-refractivity contribution is 0.609. The Morgan fingerprint density at radius 1 is 1.44 bits per heavy atom. The molecule has 1 unspecified atom stereocenters. The molecule has 1 aromatic heterocycles. The van der Waals surface area contributed by atoms with Crippen LogP contribution < -0.4 is 5.32 Å². The molecule has 0 bridgehead atoms. The Morgan fingerprint density at radius 3 is 2.94 bits per heavy atom. The van der Waals surface area contributed by atoms with Gasteiger partial charge in [-0.05, 0) is 25.6 Å². The molecule has 2 rings (SSSR count). The summed E-state index contributed by atoms with van der Waals surface area (Å²) in [7, 11) is 1.99. The Hall–Kier alpha value is -0.710. The SMILES string of the molecule is CCC(CNC)c1nc(-c2cccc(Br)c2)cs1. The van der Waals surface area contributed by atoms with Gasteiger partial charge in [0.25, 0.3) is 0 Å². The van der Waals surface area contributed by atoms with E-state index in [9.17, 15) is 0 Å². The summed E-state index contributed by atoms with van der Waals surface area (Å²) in [5.41, 5.74) is 2.25. The third-order valence-corrected chi connectivity index (χ3v) is 4.44. The highest BCUT2D eigenvalue weighted by atomic mass is 79.9. The maximum atomic E-state index is 4.77. The molecule has 0 radical (unpaired) electrons. The van der Waals surface area contributed by atoms with Gasteiger partial charge in [-0.15, -0.1) is 11.3 Å². The molecular formula is C14H17BrN2S. The Kier molecular flexibility index (Phi) is 4.92. The number of rotatable bonds is 5. The molecule has 1 atom stereocenters. The smallest absolute Gasteiger partial charge is 0.0976 e. The van der Waals surface area contributed by atoms with Gasteiger partial charge in [0.15, 0.2) is 0 Å². The first-order valence-electron chi connectivity index (χ1n) is 6.10. The monoisotopic (exact) mass is 324 g/mol. The van der Waals surface area contributed by atoms with Gasteiger partial charge in [0.2, 0.25) is 0 Å². The molecule has 0 aliphatic carbocycles. The zero-order valence-electron chi connectivity index (χ0n) is 10.6. The molecule has 1 N–H and O–H groups in total. The van der Waals surface area contributed by atoms with Crippen LogP contribution in [0, 0.1) is 0 Å². The van der Waals surface area contributed by atoms with Crippen LogP contribution in [0.2, 0.25) is 0 Å². The van der Waals surface area contributed by atoms with Crippen LogP contribution in [-0.2, 0) is 0 Å². The number of hydrogen-bond acceptors (Lipinski definition) is 3. The van der Waals surface area contributed by atoms with Gasteiger partial charge in [-0.2, -0.15) is 0 Å². The second-order valence-corrected chi connectivity index (χ2v) is 6.05. The summed E-state index contributed by atoms with van der Waals surface area (Å²) >= 11 is 5.26. The first-order valence-corrected chi connectivity index (χ1v) is 7.77. The quantitative estimate of drug-likeness (QED) is 0.887. The van der Waals surface area contributed by atoms with Crippen molar-refractivity contribution in [3.05, 3.63) is 39.1 Å². The molecule has 0 aliphatic heterocycles. The predicted molar refractivity (Wildman–Crippen MR) is 82.2 cm³/mol. The van der Waals surface area contributed by atoms with Gasteiger partial charge in [0.1, 0.15) is 0 Å². The normalized spacial score (nSPS) is 12.6. The van der Waals surface area contributed by atoms with E-state index < -0.39 is 0 Å². The lowest BCUT2D eigenvalue weighted by Gasteiger charge is -2.10. The van der Waals surface area contributed by atoms with E-state index in [4.69, 9.17) is 4.98 Å². The van der Waals surface area contributed by atoms with Crippen LogP contribution in [0.15, 0.2) is 34.1 Å². The van der Waals surface area contributed by atoms with Gasteiger partial charge in [-0.3, -0.25) is 0 Å². The van der Waals surface area contributed by atoms with E-state index in [1.165, 1.54) is 10.6 Å². The largest absolute Gasteiger partial charge is 0.319 e. The molecule has 0 aliphatic rings. The number of likely N-dealkylation sites (N-methyl/N-ethyl adjacent to an activating group) is 1. The Balaban J connectivity index is 2.24. The average molecular weight is 325 g/mol. The van der Waals surface area contributed by atoms with Gasteiger partial charge < -0.3 is 5.32 Å². The number of thiazole rings is 1. The van der Waals surface area contributed by atoms with Crippen LogP contribution in [0.3, 0.4) is 0 Å². The van der Waals surface area contributed by atoms with E-state index in [0.717, 1.165) is 23.1 Å². The number of halogens is 1. The second-order valence-electron chi connectivity index (χ2n) is 4.24. The van der Waals surface area contributed by atoms with Gasteiger partial charge in [0, 0.05) is 27.9 Å². The summed E-state index contributed by atoms with van der Waals surface area (Å²) < 4.78 is 1.09. The fourth-order valence-corrected chi connectivity index (χ4v) is 3.32. The number of nitrogens with zero attached hydrogens (tertiary/aromatic N) is 1. The first kappa shape index (κ1) is 13.7. The number of benzene rings is 1. The fourth-order valence-electron chi connectivity index (χ4n) is 1.91. The second kappa shape index (κ2) is 6.45. The van der Waals surface area contributed by atoms with E-state index in [0.29, 0.717) is 5.92 Å². The van der Waals surface area contributed by atoms with Crippen molar-refractivity contribution in [1.82, 2.24) is 10.3 Å². The third kappa shape index (κ3) is 3.19. The minimum absolute atomic E-state index is 0.515. The predicted octanol–water partition coefficient (Wildman–Crippen LogP) is 4.29. The summed E-state index contributed by atoms with van der Waals surface area (Å²) in [6, 6.07) is 8.29. The zero-order chi connectivity index (χ0) is 13.0. The average Bonchev–Trinajstić information content (AvgIpc) is 2.85. The highest BCUT2D eigenvalue weighted by molar-refractivity contribution is 9.10. The van der Waals surface area contributed by atoms with Crippen molar-refractivity contribution < 1.29 is 0 Å².